The van der Waals surface area contributed by atoms with Crippen LogP contribution in [-0.4, -0.2) is 34.6 Å². The average Bonchev–Trinajstić information content (AvgIpc) is 2.99. The Balaban J connectivity index is 1.48. The third kappa shape index (κ3) is 8.86. The van der Waals surface area contributed by atoms with Crippen LogP contribution < -0.4 is 16.0 Å². The molecule has 0 fully saturated rings. The topological polar surface area (TPSA) is 125 Å². The Morgan fingerprint density at radius 3 is 2.14 bits per heavy atom. The van der Waals surface area contributed by atoms with Crippen molar-refractivity contribution in [3.05, 3.63) is 128 Å². The number of halogens is 3. The molecule has 0 saturated carbocycles. The second kappa shape index (κ2) is 14.8. The maximum Gasteiger partial charge on any atom is 0.335 e. The number of hydrogen-bond acceptors (Lipinski definition) is 5. The summed E-state index contributed by atoms with van der Waals surface area (Å²) in [6.45, 7) is 0. The van der Waals surface area contributed by atoms with Crippen LogP contribution >= 0.6 is 46.6 Å². The monoisotopic (exact) mass is 653 g/mol. The van der Waals surface area contributed by atoms with E-state index in [9.17, 15) is 24.3 Å². The van der Waals surface area contributed by atoms with Crippen LogP contribution in [0.3, 0.4) is 0 Å². The maximum absolute atomic E-state index is 13.4. The molecule has 4 rings (SSSR count). The Hall–Kier alpha value is -4.28. The smallest absolute Gasteiger partial charge is 0.335 e. The quantitative estimate of drug-likeness (QED) is 0.104. The minimum atomic E-state index is -1.15. The van der Waals surface area contributed by atoms with Gasteiger partial charge in [0.15, 0.2) is 0 Å². The number of carbonyl (C=O) groups excluding carboxylic acids is 3. The van der Waals surface area contributed by atoms with Crippen molar-refractivity contribution in [1.29, 1.82) is 0 Å². The Bertz CT molecular complexity index is 1710. The van der Waals surface area contributed by atoms with Crippen LogP contribution in [0.4, 0.5) is 11.4 Å². The fraction of sp³-hybridized carbons (Fsp3) is 0.0323. The first-order chi connectivity index (χ1) is 20.6. The van der Waals surface area contributed by atoms with Crippen LogP contribution in [0.2, 0.25) is 15.1 Å². The van der Waals surface area contributed by atoms with E-state index in [-0.39, 0.29) is 27.7 Å². The molecule has 8 nitrogen and oxygen atoms in total. The van der Waals surface area contributed by atoms with E-state index in [1.54, 1.807) is 72.8 Å². The molecule has 0 aliphatic rings. The Labute approximate surface area is 266 Å². The fourth-order valence-electron chi connectivity index (χ4n) is 3.69. The first-order valence-electron chi connectivity index (χ1n) is 12.5. The van der Waals surface area contributed by atoms with Gasteiger partial charge in [-0.1, -0.05) is 65.1 Å². The maximum atomic E-state index is 13.4. The van der Waals surface area contributed by atoms with Gasteiger partial charge in [-0.2, -0.15) is 0 Å². The van der Waals surface area contributed by atoms with Crippen LogP contribution in [0.1, 0.15) is 26.3 Å². The molecule has 0 unspecified atom stereocenters. The van der Waals surface area contributed by atoms with Crippen molar-refractivity contribution in [1.82, 2.24) is 5.32 Å². The van der Waals surface area contributed by atoms with Gasteiger partial charge in [0.05, 0.1) is 22.0 Å². The Morgan fingerprint density at radius 1 is 0.744 bits per heavy atom. The summed E-state index contributed by atoms with van der Waals surface area (Å²) in [5.41, 5.74) is 1.18. The van der Waals surface area contributed by atoms with Crippen molar-refractivity contribution in [2.75, 3.05) is 16.4 Å². The summed E-state index contributed by atoms with van der Waals surface area (Å²) < 4.78 is 0. The molecule has 0 atom stereocenters. The van der Waals surface area contributed by atoms with E-state index in [1.165, 1.54) is 36.0 Å². The summed E-state index contributed by atoms with van der Waals surface area (Å²) in [6.07, 6.45) is 1.40. The molecule has 218 valence electrons. The fourth-order valence-corrected chi connectivity index (χ4v) is 5.11. The summed E-state index contributed by atoms with van der Waals surface area (Å²) >= 11 is 19.9. The molecular formula is C31H22Cl3N3O5S. The highest BCUT2D eigenvalue weighted by atomic mass is 35.5. The van der Waals surface area contributed by atoms with Crippen LogP contribution in [0, 0.1) is 0 Å². The summed E-state index contributed by atoms with van der Waals surface area (Å²) in [4.78, 5) is 50.7. The van der Waals surface area contributed by atoms with Crippen LogP contribution in [0.15, 0.2) is 102 Å². The SMILES string of the molecule is O=C(CSc1cccc(NC(=O)/C(=C\c2c(Cl)cccc2Cl)NC(=O)c2ccccc2)c1)Nc1cc(C(=O)O)ccc1Cl. The molecule has 4 aromatic rings. The third-order valence-electron chi connectivity index (χ3n) is 5.77. The molecule has 4 N–H and O–H groups in total. The molecule has 0 bridgehead atoms. The second-order valence-electron chi connectivity index (χ2n) is 8.83. The zero-order chi connectivity index (χ0) is 30.9. The Morgan fingerprint density at radius 2 is 1.44 bits per heavy atom. The van der Waals surface area contributed by atoms with Gasteiger partial charge in [-0.3, -0.25) is 14.4 Å². The molecule has 12 heteroatoms. The number of rotatable bonds is 10. The van der Waals surface area contributed by atoms with Crippen molar-refractivity contribution < 1.29 is 24.3 Å². The van der Waals surface area contributed by atoms with E-state index in [4.69, 9.17) is 34.8 Å². The van der Waals surface area contributed by atoms with Crippen LogP contribution in [0.5, 0.6) is 0 Å². The highest BCUT2D eigenvalue weighted by molar-refractivity contribution is 8.00. The lowest BCUT2D eigenvalue weighted by Gasteiger charge is -2.13. The number of aromatic carboxylic acids is 1. The molecule has 4 aromatic carbocycles. The molecule has 43 heavy (non-hydrogen) atoms. The zero-order valence-corrected chi connectivity index (χ0v) is 25.2. The van der Waals surface area contributed by atoms with E-state index in [0.29, 0.717) is 31.8 Å². The number of amides is 3. The summed E-state index contributed by atoms with van der Waals surface area (Å²) in [6, 6.07) is 24.1. The van der Waals surface area contributed by atoms with Crippen LogP contribution in [0.25, 0.3) is 6.08 Å². The first kappa shape index (κ1) is 31.7. The number of anilines is 2. The van der Waals surface area contributed by atoms with Crippen molar-refractivity contribution in [2.45, 2.75) is 4.90 Å². The zero-order valence-electron chi connectivity index (χ0n) is 22.1. The van der Waals surface area contributed by atoms with Gasteiger partial charge >= 0.3 is 5.97 Å². The van der Waals surface area contributed by atoms with Gasteiger partial charge in [0.1, 0.15) is 5.70 Å². The van der Waals surface area contributed by atoms with Gasteiger partial charge < -0.3 is 21.1 Å². The van der Waals surface area contributed by atoms with Crippen molar-refractivity contribution >= 4 is 87.7 Å². The third-order valence-corrected chi connectivity index (χ3v) is 7.75. The standard InChI is InChI=1S/C31H22Cl3N3O5S/c32-23-10-5-11-24(33)22(23)16-27(37-29(39)18-6-2-1-3-7-18)30(40)35-20-8-4-9-21(15-20)43-17-28(38)36-26-14-19(31(41)42)12-13-25(26)34/h1-16H,17H2,(H,35,40)(H,36,38)(H,37,39)(H,41,42)/b27-16+. The number of hydrogen-bond donors (Lipinski definition) is 4. The number of thioether (sulfide) groups is 1. The van der Waals surface area contributed by atoms with Gasteiger partial charge in [-0.15, -0.1) is 11.8 Å². The van der Waals surface area contributed by atoms with E-state index in [2.05, 4.69) is 16.0 Å². The minimum Gasteiger partial charge on any atom is -0.478 e. The molecule has 0 spiro atoms. The number of benzene rings is 4. The molecule has 0 saturated heterocycles. The number of carbonyl (C=O) groups is 4. The van der Waals surface area contributed by atoms with Crippen molar-refractivity contribution in [2.24, 2.45) is 0 Å². The lowest BCUT2D eigenvalue weighted by molar-refractivity contribution is -0.114. The van der Waals surface area contributed by atoms with E-state index in [1.807, 2.05) is 0 Å². The molecule has 0 radical (unpaired) electrons. The molecule has 0 heterocycles. The largest absolute Gasteiger partial charge is 0.478 e. The minimum absolute atomic E-state index is 0.0130. The van der Waals surface area contributed by atoms with Crippen molar-refractivity contribution in [3.63, 3.8) is 0 Å². The Kier molecular flexibility index (Phi) is 10.9. The average molecular weight is 655 g/mol. The molecule has 0 aliphatic heterocycles. The van der Waals surface area contributed by atoms with Crippen molar-refractivity contribution in [3.8, 4) is 0 Å². The van der Waals surface area contributed by atoms with Gasteiger partial charge in [0.25, 0.3) is 11.8 Å². The van der Waals surface area contributed by atoms with E-state index >= 15 is 0 Å². The van der Waals surface area contributed by atoms with Gasteiger partial charge in [0, 0.05) is 31.8 Å². The molecule has 0 aliphatic carbocycles. The summed E-state index contributed by atoms with van der Waals surface area (Å²) in [5.74, 6) is -2.71. The highest BCUT2D eigenvalue weighted by Gasteiger charge is 2.17. The normalized spacial score (nSPS) is 11.0. The predicted octanol–water partition coefficient (Wildman–Crippen LogP) is 7.49. The summed E-state index contributed by atoms with van der Waals surface area (Å²) in [5, 5.41) is 18.0. The van der Waals surface area contributed by atoms with E-state index in [0.717, 1.165) is 0 Å². The molecular weight excluding hydrogens is 633 g/mol. The lowest BCUT2D eigenvalue weighted by Crippen LogP contribution is -2.30. The van der Waals surface area contributed by atoms with Crippen LogP contribution in [-0.2, 0) is 9.59 Å². The molecule has 0 aromatic heterocycles. The predicted molar refractivity (Wildman–Crippen MR) is 171 cm³/mol. The molecule has 3 amide bonds. The van der Waals surface area contributed by atoms with Gasteiger partial charge in [-0.05, 0) is 66.7 Å². The van der Waals surface area contributed by atoms with E-state index < -0.39 is 23.7 Å². The number of carboxylic acid groups (broad SMARTS) is 1. The van der Waals surface area contributed by atoms with Gasteiger partial charge in [-0.25, -0.2) is 4.79 Å². The van der Waals surface area contributed by atoms with Gasteiger partial charge in [0.2, 0.25) is 5.91 Å². The first-order valence-corrected chi connectivity index (χ1v) is 14.6. The second-order valence-corrected chi connectivity index (χ2v) is 11.1. The number of carboxylic acids is 1. The lowest BCUT2D eigenvalue weighted by atomic mass is 10.1. The summed E-state index contributed by atoms with van der Waals surface area (Å²) in [7, 11) is 0. The number of nitrogens with one attached hydrogen (secondary N) is 3. The highest BCUT2D eigenvalue weighted by Crippen LogP contribution is 2.28.